The molecule has 0 aliphatic rings. The standard InChI is InChI=1S/C18H15F3O3/c1-2-23-17-11-12(4-10-16(17)24-18(20)21)3-9-15(22)13-5-7-14(19)8-6-13/h3-11,18H,2H2,1H3/b9-3+. The molecule has 0 aliphatic heterocycles. The summed E-state index contributed by atoms with van der Waals surface area (Å²) < 4.78 is 47.2. The molecule has 0 unspecified atom stereocenters. The van der Waals surface area contributed by atoms with Gasteiger partial charge in [0.25, 0.3) is 0 Å². The molecule has 24 heavy (non-hydrogen) atoms. The minimum atomic E-state index is -2.95. The van der Waals surface area contributed by atoms with Gasteiger partial charge in [-0.1, -0.05) is 12.1 Å². The molecule has 0 saturated heterocycles. The van der Waals surface area contributed by atoms with Crippen molar-refractivity contribution >= 4 is 11.9 Å². The Hall–Kier alpha value is -2.76. The summed E-state index contributed by atoms with van der Waals surface area (Å²) in [6, 6.07) is 9.53. The molecule has 3 nitrogen and oxygen atoms in total. The maximum Gasteiger partial charge on any atom is 0.387 e. The molecule has 6 heteroatoms. The minimum Gasteiger partial charge on any atom is -0.490 e. The third kappa shape index (κ3) is 4.87. The van der Waals surface area contributed by atoms with Gasteiger partial charge in [0.1, 0.15) is 5.82 Å². The first kappa shape index (κ1) is 17.6. The Balaban J connectivity index is 2.17. The number of hydrogen-bond acceptors (Lipinski definition) is 3. The van der Waals surface area contributed by atoms with Crippen LogP contribution in [0.3, 0.4) is 0 Å². The maximum absolute atomic E-state index is 12.8. The molecule has 2 rings (SSSR count). The second-order valence-corrected chi connectivity index (χ2v) is 4.72. The van der Waals surface area contributed by atoms with Gasteiger partial charge in [0.2, 0.25) is 0 Å². The van der Waals surface area contributed by atoms with E-state index in [1.807, 2.05) is 0 Å². The van der Waals surface area contributed by atoms with E-state index in [1.54, 1.807) is 6.92 Å². The van der Waals surface area contributed by atoms with Gasteiger partial charge in [0.05, 0.1) is 6.61 Å². The van der Waals surface area contributed by atoms with Crippen molar-refractivity contribution in [1.82, 2.24) is 0 Å². The molecule has 0 radical (unpaired) electrons. The second-order valence-electron chi connectivity index (χ2n) is 4.72. The van der Waals surface area contributed by atoms with Crippen molar-refractivity contribution in [1.29, 1.82) is 0 Å². The van der Waals surface area contributed by atoms with E-state index >= 15 is 0 Å². The molecule has 2 aromatic rings. The molecule has 0 amide bonds. The van der Waals surface area contributed by atoms with Crippen LogP contribution in [0, 0.1) is 5.82 Å². The van der Waals surface area contributed by atoms with Gasteiger partial charge in [0, 0.05) is 5.56 Å². The SMILES string of the molecule is CCOc1cc(/C=C/C(=O)c2ccc(F)cc2)ccc1OC(F)F. The van der Waals surface area contributed by atoms with Gasteiger partial charge in [-0.05, 0) is 55.0 Å². The van der Waals surface area contributed by atoms with Crippen LogP contribution in [0.25, 0.3) is 6.08 Å². The Morgan fingerprint density at radius 2 is 1.83 bits per heavy atom. The lowest BCUT2D eigenvalue weighted by atomic mass is 10.1. The highest BCUT2D eigenvalue weighted by Crippen LogP contribution is 2.30. The molecule has 0 aliphatic carbocycles. The van der Waals surface area contributed by atoms with Gasteiger partial charge in [0.15, 0.2) is 17.3 Å². The van der Waals surface area contributed by atoms with Crippen molar-refractivity contribution in [3.63, 3.8) is 0 Å². The van der Waals surface area contributed by atoms with Gasteiger partial charge in [-0.15, -0.1) is 0 Å². The van der Waals surface area contributed by atoms with E-state index in [1.165, 1.54) is 54.6 Å². The Morgan fingerprint density at radius 3 is 2.46 bits per heavy atom. The summed E-state index contributed by atoms with van der Waals surface area (Å²) >= 11 is 0. The van der Waals surface area contributed by atoms with Crippen molar-refractivity contribution < 1.29 is 27.4 Å². The van der Waals surface area contributed by atoms with E-state index in [9.17, 15) is 18.0 Å². The number of halogens is 3. The lowest BCUT2D eigenvalue weighted by Crippen LogP contribution is -2.04. The lowest BCUT2D eigenvalue weighted by Gasteiger charge is -2.11. The molecule has 0 N–H and O–H groups in total. The Morgan fingerprint density at radius 1 is 1.12 bits per heavy atom. The first-order chi connectivity index (χ1) is 11.5. The van der Waals surface area contributed by atoms with Gasteiger partial charge in [-0.3, -0.25) is 4.79 Å². The molecule has 0 bridgehead atoms. The number of hydrogen-bond donors (Lipinski definition) is 0. The van der Waals surface area contributed by atoms with E-state index in [4.69, 9.17) is 4.74 Å². The lowest BCUT2D eigenvalue weighted by molar-refractivity contribution is -0.0514. The maximum atomic E-state index is 12.8. The number of allylic oxidation sites excluding steroid dienone is 1. The Kier molecular flexibility index (Phi) is 6.01. The first-order valence-corrected chi connectivity index (χ1v) is 7.19. The Labute approximate surface area is 137 Å². The Bertz CT molecular complexity index is 725. The molecule has 0 heterocycles. The van der Waals surface area contributed by atoms with E-state index in [0.29, 0.717) is 11.1 Å². The van der Waals surface area contributed by atoms with Crippen molar-refractivity contribution in [2.45, 2.75) is 13.5 Å². The number of ketones is 1. The average Bonchev–Trinajstić information content (AvgIpc) is 2.55. The molecule has 2 aromatic carbocycles. The quantitative estimate of drug-likeness (QED) is 0.542. The van der Waals surface area contributed by atoms with Gasteiger partial charge in [-0.25, -0.2) is 4.39 Å². The van der Waals surface area contributed by atoms with Crippen molar-refractivity contribution in [3.8, 4) is 11.5 Å². The van der Waals surface area contributed by atoms with Crippen LogP contribution < -0.4 is 9.47 Å². The summed E-state index contributed by atoms with van der Waals surface area (Å²) in [5.74, 6) is -0.643. The zero-order valence-corrected chi connectivity index (χ0v) is 12.8. The van der Waals surface area contributed by atoms with Crippen LogP contribution in [0.15, 0.2) is 48.5 Å². The molecule has 0 fully saturated rings. The number of ether oxygens (including phenoxy) is 2. The molecule has 0 atom stereocenters. The molecular formula is C18H15F3O3. The van der Waals surface area contributed by atoms with Crippen LogP contribution in [-0.4, -0.2) is 19.0 Å². The van der Waals surface area contributed by atoms with Crippen molar-refractivity contribution in [2.24, 2.45) is 0 Å². The summed E-state index contributed by atoms with van der Waals surface area (Å²) in [6.07, 6.45) is 2.83. The highest BCUT2D eigenvalue weighted by Gasteiger charge is 2.11. The van der Waals surface area contributed by atoms with E-state index < -0.39 is 12.4 Å². The van der Waals surface area contributed by atoms with Crippen LogP contribution in [0.2, 0.25) is 0 Å². The third-order valence-corrected chi connectivity index (χ3v) is 3.04. The molecule has 0 saturated carbocycles. The summed E-state index contributed by atoms with van der Waals surface area (Å²) in [4.78, 5) is 12.0. The van der Waals surface area contributed by atoms with Crippen LogP contribution in [0.5, 0.6) is 11.5 Å². The van der Waals surface area contributed by atoms with Crippen LogP contribution >= 0.6 is 0 Å². The summed E-state index contributed by atoms with van der Waals surface area (Å²) in [5.41, 5.74) is 0.922. The molecule has 126 valence electrons. The van der Waals surface area contributed by atoms with Crippen molar-refractivity contribution in [2.75, 3.05) is 6.61 Å². The van der Waals surface area contributed by atoms with E-state index in [-0.39, 0.29) is 23.9 Å². The largest absolute Gasteiger partial charge is 0.490 e. The van der Waals surface area contributed by atoms with Crippen LogP contribution in [0.1, 0.15) is 22.8 Å². The van der Waals surface area contributed by atoms with Gasteiger partial charge >= 0.3 is 6.61 Å². The predicted octanol–water partition coefficient (Wildman–Crippen LogP) is 4.72. The monoisotopic (exact) mass is 336 g/mol. The summed E-state index contributed by atoms with van der Waals surface area (Å²) in [6.45, 7) is -0.959. The smallest absolute Gasteiger partial charge is 0.387 e. The molecule has 0 aromatic heterocycles. The number of carbonyl (C=O) groups excluding carboxylic acids is 1. The normalized spacial score (nSPS) is 11.0. The third-order valence-electron chi connectivity index (χ3n) is 3.04. The number of carbonyl (C=O) groups is 1. The topological polar surface area (TPSA) is 35.5 Å². The number of alkyl halides is 2. The van der Waals surface area contributed by atoms with Gasteiger partial charge in [-0.2, -0.15) is 8.78 Å². The average molecular weight is 336 g/mol. The molecule has 0 spiro atoms. The zero-order valence-electron chi connectivity index (χ0n) is 12.8. The minimum absolute atomic E-state index is 0.0751. The fourth-order valence-electron chi connectivity index (χ4n) is 1.97. The van der Waals surface area contributed by atoms with Gasteiger partial charge < -0.3 is 9.47 Å². The van der Waals surface area contributed by atoms with Crippen molar-refractivity contribution in [3.05, 3.63) is 65.5 Å². The number of rotatable bonds is 7. The van der Waals surface area contributed by atoms with Crippen LogP contribution in [0.4, 0.5) is 13.2 Å². The molecular weight excluding hydrogens is 321 g/mol. The zero-order chi connectivity index (χ0) is 17.5. The first-order valence-electron chi connectivity index (χ1n) is 7.19. The summed E-state index contributed by atoms with van der Waals surface area (Å²) in [7, 11) is 0. The summed E-state index contributed by atoms with van der Waals surface area (Å²) in [5, 5.41) is 0. The van der Waals surface area contributed by atoms with E-state index in [0.717, 1.165) is 0 Å². The highest BCUT2D eigenvalue weighted by molar-refractivity contribution is 6.06. The fraction of sp³-hybridized carbons (Fsp3) is 0.167. The van der Waals surface area contributed by atoms with Crippen LogP contribution in [-0.2, 0) is 0 Å². The van der Waals surface area contributed by atoms with E-state index in [2.05, 4.69) is 4.74 Å². The second kappa shape index (κ2) is 8.19. The highest BCUT2D eigenvalue weighted by atomic mass is 19.3. The fourth-order valence-corrected chi connectivity index (χ4v) is 1.97. The number of benzene rings is 2. The predicted molar refractivity (Wildman–Crippen MR) is 84.0 cm³/mol.